The van der Waals surface area contributed by atoms with Crippen LogP contribution < -0.4 is 9.64 Å². The summed E-state index contributed by atoms with van der Waals surface area (Å²) in [6.45, 7) is 7.90. The van der Waals surface area contributed by atoms with Crippen LogP contribution in [-0.2, 0) is 5.41 Å². The molecule has 5 rings (SSSR count). The smallest absolute Gasteiger partial charge is 0.212 e. The first kappa shape index (κ1) is 18.3. The number of unbranched alkanes of at least 4 members (excludes halogenated alkanes) is 2. The Morgan fingerprint density at radius 3 is 2.55 bits per heavy atom. The maximum atomic E-state index is 6.97. The lowest BCUT2D eigenvalue weighted by atomic mass is 9.76. The van der Waals surface area contributed by atoms with Crippen LogP contribution >= 0.6 is 0 Å². The van der Waals surface area contributed by atoms with Gasteiger partial charge in [0.2, 0.25) is 5.72 Å². The molecule has 148 valence electrons. The number of para-hydroxylation sites is 1. The van der Waals surface area contributed by atoms with Gasteiger partial charge in [-0.25, -0.2) is 0 Å². The summed E-state index contributed by atoms with van der Waals surface area (Å²) in [6, 6.07) is 21.7. The van der Waals surface area contributed by atoms with Gasteiger partial charge in [0.15, 0.2) is 0 Å². The van der Waals surface area contributed by atoms with Gasteiger partial charge in [-0.15, -0.1) is 0 Å². The molecule has 0 saturated heterocycles. The molecule has 0 N–H and O–H groups in total. The van der Waals surface area contributed by atoms with Crippen molar-refractivity contribution < 1.29 is 4.74 Å². The van der Waals surface area contributed by atoms with Crippen LogP contribution in [0, 0.1) is 0 Å². The van der Waals surface area contributed by atoms with Gasteiger partial charge in [-0.2, -0.15) is 0 Å². The molecule has 0 bridgehead atoms. The van der Waals surface area contributed by atoms with Gasteiger partial charge in [0, 0.05) is 17.8 Å². The minimum Gasteiger partial charge on any atom is -0.463 e. The van der Waals surface area contributed by atoms with Crippen molar-refractivity contribution >= 4 is 22.5 Å². The van der Waals surface area contributed by atoms with Crippen molar-refractivity contribution in [1.29, 1.82) is 0 Å². The summed E-state index contributed by atoms with van der Waals surface area (Å²) < 4.78 is 6.97. The molecule has 0 radical (unpaired) electrons. The number of nitrogens with zero attached hydrogens (tertiary/aromatic N) is 1. The average molecular weight is 384 g/mol. The second-order valence-electron chi connectivity index (χ2n) is 8.83. The highest BCUT2D eigenvalue weighted by molar-refractivity contribution is 5.94. The monoisotopic (exact) mass is 383 g/mol. The standard InChI is InChI=1S/C27H29NO/c1-4-5-10-19-28-24-14-9-8-13-23(24)26(2,3)27(28)18-17-22-21-12-7-6-11-20(21)15-16-25(22)29-27/h6-9,11-18H,4-5,10,19H2,1-3H3. The maximum Gasteiger partial charge on any atom is 0.212 e. The summed E-state index contributed by atoms with van der Waals surface area (Å²) in [7, 11) is 0. The van der Waals surface area contributed by atoms with Crippen molar-refractivity contribution in [2.75, 3.05) is 11.4 Å². The Morgan fingerprint density at radius 1 is 0.897 bits per heavy atom. The summed E-state index contributed by atoms with van der Waals surface area (Å²) >= 11 is 0. The fourth-order valence-corrected chi connectivity index (χ4v) is 5.17. The predicted molar refractivity (Wildman–Crippen MR) is 123 cm³/mol. The Kier molecular flexibility index (Phi) is 4.20. The molecule has 0 saturated carbocycles. The van der Waals surface area contributed by atoms with Gasteiger partial charge in [0.05, 0.1) is 5.41 Å². The first-order valence-corrected chi connectivity index (χ1v) is 10.9. The van der Waals surface area contributed by atoms with E-state index in [9.17, 15) is 0 Å². The molecule has 2 aliphatic rings. The molecule has 0 aromatic heterocycles. The van der Waals surface area contributed by atoms with E-state index < -0.39 is 5.72 Å². The van der Waals surface area contributed by atoms with Gasteiger partial charge in [0.25, 0.3) is 0 Å². The van der Waals surface area contributed by atoms with Crippen LogP contribution in [0.15, 0.2) is 66.7 Å². The fourth-order valence-electron chi connectivity index (χ4n) is 5.17. The van der Waals surface area contributed by atoms with E-state index in [-0.39, 0.29) is 5.41 Å². The molecule has 2 heterocycles. The lowest BCUT2D eigenvalue weighted by molar-refractivity contribution is 0.0534. The first-order valence-electron chi connectivity index (χ1n) is 10.9. The SMILES string of the molecule is CCCCCN1c2ccccc2C(C)(C)C12C=Cc1c(ccc3ccccc13)O2. The highest BCUT2D eigenvalue weighted by atomic mass is 16.5. The topological polar surface area (TPSA) is 12.5 Å². The van der Waals surface area contributed by atoms with Crippen LogP contribution in [-0.4, -0.2) is 12.3 Å². The Labute approximate surface area is 173 Å². The van der Waals surface area contributed by atoms with E-state index in [2.05, 4.69) is 98.5 Å². The zero-order valence-corrected chi connectivity index (χ0v) is 17.6. The van der Waals surface area contributed by atoms with Crippen molar-refractivity contribution in [1.82, 2.24) is 0 Å². The summed E-state index contributed by atoms with van der Waals surface area (Å²) in [5.41, 5.74) is 3.21. The van der Waals surface area contributed by atoms with Gasteiger partial charge in [-0.3, -0.25) is 0 Å². The van der Waals surface area contributed by atoms with E-state index in [0.717, 1.165) is 12.3 Å². The molecule has 0 amide bonds. The van der Waals surface area contributed by atoms with Crippen LogP contribution in [0.25, 0.3) is 16.8 Å². The van der Waals surface area contributed by atoms with Crippen LogP contribution in [0.4, 0.5) is 5.69 Å². The van der Waals surface area contributed by atoms with E-state index in [1.54, 1.807) is 0 Å². The second-order valence-corrected chi connectivity index (χ2v) is 8.83. The predicted octanol–water partition coefficient (Wildman–Crippen LogP) is 6.93. The molecule has 2 heteroatoms. The van der Waals surface area contributed by atoms with Crippen molar-refractivity contribution in [2.45, 2.75) is 51.2 Å². The average Bonchev–Trinajstić information content (AvgIpc) is 2.92. The lowest BCUT2D eigenvalue weighted by Gasteiger charge is -2.47. The first-order chi connectivity index (χ1) is 14.1. The molecule has 29 heavy (non-hydrogen) atoms. The highest BCUT2D eigenvalue weighted by Crippen LogP contribution is 2.55. The van der Waals surface area contributed by atoms with E-state index in [0.29, 0.717) is 0 Å². The van der Waals surface area contributed by atoms with Gasteiger partial charge in [-0.05, 0) is 60.9 Å². The second kappa shape index (κ2) is 6.66. The van der Waals surface area contributed by atoms with Crippen LogP contribution in [0.2, 0.25) is 0 Å². The number of benzene rings is 3. The Hall–Kier alpha value is -2.74. The van der Waals surface area contributed by atoms with Gasteiger partial charge >= 0.3 is 0 Å². The van der Waals surface area contributed by atoms with E-state index in [1.165, 1.54) is 46.8 Å². The molecule has 0 aliphatic carbocycles. The molecule has 1 unspecified atom stereocenters. The minimum atomic E-state index is -0.500. The summed E-state index contributed by atoms with van der Waals surface area (Å²) in [5.74, 6) is 0.979. The molecular weight excluding hydrogens is 354 g/mol. The maximum absolute atomic E-state index is 6.97. The van der Waals surface area contributed by atoms with Crippen LogP contribution in [0.3, 0.4) is 0 Å². The van der Waals surface area contributed by atoms with Crippen molar-refractivity contribution in [3.63, 3.8) is 0 Å². The Balaban J connectivity index is 1.65. The normalized spacial score (nSPS) is 21.3. The van der Waals surface area contributed by atoms with Gasteiger partial charge < -0.3 is 9.64 Å². The number of hydrogen-bond acceptors (Lipinski definition) is 2. The third-order valence-corrected chi connectivity index (χ3v) is 6.82. The van der Waals surface area contributed by atoms with Gasteiger partial charge in [0.1, 0.15) is 5.75 Å². The summed E-state index contributed by atoms with van der Waals surface area (Å²) in [5, 5.41) is 2.51. The van der Waals surface area contributed by atoms with E-state index >= 15 is 0 Å². The van der Waals surface area contributed by atoms with E-state index in [4.69, 9.17) is 4.74 Å². The fraction of sp³-hybridized carbons (Fsp3) is 0.333. The molecule has 2 aliphatic heterocycles. The quantitative estimate of drug-likeness (QED) is 0.453. The lowest BCUT2D eigenvalue weighted by Crippen LogP contribution is -2.59. The molecule has 1 spiro atoms. The van der Waals surface area contributed by atoms with Crippen LogP contribution in [0.1, 0.15) is 51.2 Å². The van der Waals surface area contributed by atoms with Crippen molar-refractivity contribution in [2.24, 2.45) is 0 Å². The van der Waals surface area contributed by atoms with Crippen LogP contribution in [0.5, 0.6) is 5.75 Å². The largest absolute Gasteiger partial charge is 0.463 e. The van der Waals surface area contributed by atoms with Crippen molar-refractivity contribution in [3.8, 4) is 5.75 Å². The van der Waals surface area contributed by atoms with Crippen molar-refractivity contribution in [3.05, 3.63) is 77.9 Å². The molecular formula is C27H29NO. The zero-order valence-electron chi connectivity index (χ0n) is 17.6. The van der Waals surface area contributed by atoms with E-state index in [1.807, 2.05) is 0 Å². The minimum absolute atomic E-state index is 0.157. The van der Waals surface area contributed by atoms with Gasteiger partial charge in [-0.1, -0.05) is 68.3 Å². The molecule has 1 atom stereocenters. The number of anilines is 1. The third kappa shape index (κ3) is 2.55. The molecule has 2 nitrogen and oxygen atoms in total. The zero-order chi connectivity index (χ0) is 20.1. The number of ether oxygens (including phenoxy) is 1. The summed E-state index contributed by atoms with van der Waals surface area (Å²) in [6.07, 6.45) is 8.23. The number of hydrogen-bond donors (Lipinski definition) is 0. The molecule has 3 aromatic rings. The third-order valence-electron chi connectivity index (χ3n) is 6.82. The highest BCUT2D eigenvalue weighted by Gasteiger charge is 2.58. The Bertz CT molecular complexity index is 1100. The summed E-state index contributed by atoms with van der Waals surface area (Å²) in [4.78, 5) is 2.51. The molecule has 3 aromatic carbocycles. The molecule has 0 fully saturated rings. The Morgan fingerprint density at radius 2 is 1.69 bits per heavy atom. The number of rotatable bonds is 4. The number of fused-ring (bicyclic) bond motifs is 4.